The zero-order chi connectivity index (χ0) is 12.1. The van der Waals surface area contributed by atoms with Crippen molar-refractivity contribution in [1.82, 2.24) is 5.32 Å². The summed E-state index contributed by atoms with van der Waals surface area (Å²) < 4.78 is 10.9. The van der Waals surface area contributed by atoms with Gasteiger partial charge in [-0.2, -0.15) is 0 Å². The van der Waals surface area contributed by atoms with Crippen LogP contribution in [-0.4, -0.2) is 19.9 Å². The first kappa shape index (κ1) is 12.4. The van der Waals surface area contributed by atoms with Crippen LogP contribution in [0.5, 0.6) is 5.75 Å². The van der Waals surface area contributed by atoms with Crippen LogP contribution in [0.15, 0.2) is 18.2 Å². The second kappa shape index (κ2) is 6.03. The number of fused-ring (bicyclic) bond motifs is 1. The number of hydrogen-bond donors (Lipinski definition) is 1. The van der Waals surface area contributed by atoms with E-state index in [2.05, 4.69) is 24.4 Å². The first-order valence-corrected chi connectivity index (χ1v) is 6.42. The van der Waals surface area contributed by atoms with E-state index in [1.165, 1.54) is 11.1 Å². The third kappa shape index (κ3) is 2.79. The van der Waals surface area contributed by atoms with Crippen LogP contribution >= 0.6 is 0 Å². The quantitative estimate of drug-likeness (QED) is 0.607. The number of ether oxygens (including phenoxy) is 2. The summed E-state index contributed by atoms with van der Waals surface area (Å²) >= 11 is 0. The molecule has 17 heavy (non-hydrogen) atoms. The molecule has 0 saturated carbocycles. The minimum Gasteiger partial charge on any atom is -0.467 e. The Hall–Kier alpha value is -1.06. The molecule has 1 aromatic rings. The molecule has 0 amide bonds. The van der Waals surface area contributed by atoms with E-state index >= 15 is 0 Å². The first-order valence-electron chi connectivity index (χ1n) is 6.42. The Morgan fingerprint density at radius 3 is 3.00 bits per heavy atom. The second-order valence-corrected chi connectivity index (χ2v) is 4.23. The molecule has 1 N–H and O–H groups in total. The highest BCUT2D eigenvalue weighted by Gasteiger charge is 2.24. The Balaban J connectivity index is 2.09. The molecule has 0 aromatic heterocycles. The Morgan fingerprint density at radius 1 is 1.35 bits per heavy atom. The van der Waals surface area contributed by atoms with E-state index in [0.717, 1.165) is 25.1 Å². The van der Waals surface area contributed by atoms with Gasteiger partial charge in [0.1, 0.15) is 5.75 Å². The van der Waals surface area contributed by atoms with Gasteiger partial charge in [-0.3, -0.25) is 0 Å². The molecule has 0 fully saturated rings. The first-order chi connectivity index (χ1) is 8.36. The molecule has 0 spiro atoms. The van der Waals surface area contributed by atoms with Crippen LogP contribution in [0.3, 0.4) is 0 Å². The normalized spacial score (nSPS) is 18.1. The van der Waals surface area contributed by atoms with E-state index in [4.69, 9.17) is 9.47 Å². The molecule has 0 radical (unpaired) electrons. The summed E-state index contributed by atoms with van der Waals surface area (Å²) in [6.07, 6.45) is 2.26. The number of nitrogens with one attached hydrogen (secondary N) is 1. The van der Waals surface area contributed by atoms with Gasteiger partial charge >= 0.3 is 0 Å². The van der Waals surface area contributed by atoms with E-state index < -0.39 is 0 Å². The lowest BCUT2D eigenvalue weighted by atomic mass is 10.1. The molecule has 94 valence electrons. The molecule has 3 heteroatoms. The third-order valence-electron chi connectivity index (χ3n) is 3.18. The van der Waals surface area contributed by atoms with Gasteiger partial charge in [-0.05, 0) is 43.5 Å². The Kier molecular flexibility index (Phi) is 4.40. The van der Waals surface area contributed by atoms with E-state index in [-0.39, 0.29) is 0 Å². The van der Waals surface area contributed by atoms with Crippen molar-refractivity contribution in [2.24, 2.45) is 0 Å². The lowest BCUT2D eigenvalue weighted by molar-refractivity contribution is 0.0219. The summed E-state index contributed by atoms with van der Waals surface area (Å²) in [5, 5.41) is 3.51. The summed E-state index contributed by atoms with van der Waals surface area (Å²) in [5.41, 5.74) is 2.74. The Bertz CT molecular complexity index is 365. The molecule has 1 aliphatic carbocycles. The highest BCUT2D eigenvalue weighted by molar-refractivity contribution is 5.45. The van der Waals surface area contributed by atoms with Crippen molar-refractivity contribution in [3.05, 3.63) is 29.3 Å². The van der Waals surface area contributed by atoms with Crippen LogP contribution in [0.4, 0.5) is 0 Å². The highest BCUT2D eigenvalue weighted by atomic mass is 16.7. The summed E-state index contributed by atoms with van der Waals surface area (Å²) in [4.78, 5) is 0. The SMILES string of the molecule is CCNC1CCc2c(OCOCC)cccc21. The molecular formula is C14H21NO2. The molecule has 1 unspecified atom stereocenters. The van der Waals surface area contributed by atoms with Gasteiger partial charge in [0.15, 0.2) is 6.79 Å². The highest BCUT2D eigenvalue weighted by Crippen LogP contribution is 2.36. The van der Waals surface area contributed by atoms with Gasteiger partial charge in [0.2, 0.25) is 0 Å². The molecular weight excluding hydrogens is 214 g/mol. The van der Waals surface area contributed by atoms with E-state index in [1.807, 2.05) is 13.0 Å². The van der Waals surface area contributed by atoms with Gasteiger partial charge in [-0.25, -0.2) is 0 Å². The van der Waals surface area contributed by atoms with Crippen molar-refractivity contribution in [3.8, 4) is 5.75 Å². The van der Waals surface area contributed by atoms with Crippen LogP contribution < -0.4 is 10.1 Å². The lowest BCUT2D eigenvalue weighted by Gasteiger charge is -2.14. The largest absolute Gasteiger partial charge is 0.467 e. The zero-order valence-corrected chi connectivity index (χ0v) is 10.7. The maximum atomic E-state index is 5.67. The molecule has 1 aromatic carbocycles. The van der Waals surface area contributed by atoms with Crippen LogP contribution in [0.1, 0.15) is 37.4 Å². The lowest BCUT2D eigenvalue weighted by Crippen LogP contribution is -2.18. The molecule has 1 atom stereocenters. The van der Waals surface area contributed by atoms with Gasteiger partial charge in [-0.1, -0.05) is 19.1 Å². The van der Waals surface area contributed by atoms with Crippen molar-refractivity contribution < 1.29 is 9.47 Å². The minimum atomic E-state index is 0.346. The third-order valence-corrected chi connectivity index (χ3v) is 3.18. The van der Waals surface area contributed by atoms with Crippen molar-refractivity contribution in [2.45, 2.75) is 32.7 Å². The smallest absolute Gasteiger partial charge is 0.189 e. The van der Waals surface area contributed by atoms with E-state index in [1.54, 1.807) is 0 Å². The summed E-state index contributed by atoms with van der Waals surface area (Å²) in [5.74, 6) is 0.983. The molecule has 0 aliphatic heterocycles. The predicted molar refractivity (Wildman–Crippen MR) is 68.3 cm³/mol. The van der Waals surface area contributed by atoms with Crippen molar-refractivity contribution >= 4 is 0 Å². The van der Waals surface area contributed by atoms with Gasteiger partial charge < -0.3 is 14.8 Å². The maximum Gasteiger partial charge on any atom is 0.189 e. The summed E-state index contributed by atoms with van der Waals surface area (Å²) in [7, 11) is 0. The molecule has 0 heterocycles. The fraction of sp³-hybridized carbons (Fsp3) is 0.571. The molecule has 0 bridgehead atoms. The fourth-order valence-electron chi connectivity index (χ4n) is 2.40. The minimum absolute atomic E-state index is 0.346. The van der Waals surface area contributed by atoms with E-state index in [0.29, 0.717) is 19.4 Å². The number of benzene rings is 1. The topological polar surface area (TPSA) is 30.5 Å². The molecule has 3 nitrogen and oxygen atoms in total. The number of rotatable bonds is 6. The Labute approximate surface area is 103 Å². The number of hydrogen-bond acceptors (Lipinski definition) is 3. The van der Waals surface area contributed by atoms with Crippen molar-refractivity contribution in [3.63, 3.8) is 0 Å². The van der Waals surface area contributed by atoms with Crippen LogP contribution in [-0.2, 0) is 11.2 Å². The average molecular weight is 235 g/mol. The van der Waals surface area contributed by atoms with Gasteiger partial charge in [0, 0.05) is 12.6 Å². The zero-order valence-electron chi connectivity index (χ0n) is 10.7. The van der Waals surface area contributed by atoms with Crippen LogP contribution in [0.25, 0.3) is 0 Å². The maximum absolute atomic E-state index is 5.67. The Morgan fingerprint density at radius 2 is 2.24 bits per heavy atom. The van der Waals surface area contributed by atoms with Crippen LogP contribution in [0.2, 0.25) is 0 Å². The van der Waals surface area contributed by atoms with Crippen molar-refractivity contribution in [1.29, 1.82) is 0 Å². The fourth-order valence-corrected chi connectivity index (χ4v) is 2.40. The molecule has 0 saturated heterocycles. The monoisotopic (exact) mass is 235 g/mol. The second-order valence-electron chi connectivity index (χ2n) is 4.23. The van der Waals surface area contributed by atoms with Crippen molar-refractivity contribution in [2.75, 3.05) is 19.9 Å². The average Bonchev–Trinajstić information content (AvgIpc) is 2.75. The van der Waals surface area contributed by atoms with Gasteiger partial charge in [-0.15, -0.1) is 0 Å². The van der Waals surface area contributed by atoms with Gasteiger partial charge in [0.05, 0.1) is 0 Å². The van der Waals surface area contributed by atoms with E-state index in [9.17, 15) is 0 Å². The summed E-state index contributed by atoms with van der Waals surface area (Å²) in [6, 6.07) is 6.79. The van der Waals surface area contributed by atoms with Crippen LogP contribution in [0, 0.1) is 0 Å². The van der Waals surface area contributed by atoms with Gasteiger partial charge in [0.25, 0.3) is 0 Å². The molecule has 1 aliphatic rings. The predicted octanol–water partition coefficient (Wildman–Crippen LogP) is 2.66. The standard InChI is InChI=1S/C14H21NO2/c1-3-15-13-9-8-12-11(13)6-5-7-14(12)17-10-16-4-2/h5-7,13,15H,3-4,8-10H2,1-2H3. The summed E-state index contributed by atoms with van der Waals surface area (Å²) in [6.45, 7) is 6.16. The molecule has 2 rings (SSSR count).